The van der Waals surface area contributed by atoms with E-state index >= 15 is 0 Å². The lowest BCUT2D eigenvalue weighted by Crippen LogP contribution is -2.29. The summed E-state index contributed by atoms with van der Waals surface area (Å²) < 4.78 is 69.3. The van der Waals surface area contributed by atoms with Crippen LogP contribution in [0.15, 0.2) is 30.3 Å². The van der Waals surface area contributed by atoms with E-state index in [-0.39, 0.29) is 17.5 Å². The molecule has 1 saturated carbocycles. The average molecular weight is 641 g/mol. The first-order chi connectivity index (χ1) is 19.0. The molecule has 6 N–H and O–H groups in total. The van der Waals surface area contributed by atoms with Crippen LogP contribution in [0.25, 0.3) is 5.52 Å². The van der Waals surface area contributed by atoms with Crippen molar-refractivity contribution in [2.75, 3.05) is 17.8 Å². The van der Waals surface area contributed by atoms with Crippen molar-refractivity contribution in [3.8, 4) is 0 Å². The fraction of sp³-hybridized carbons (Fsp3) is 0.478. The molecule has 2 aromatic heterocycles. The van der Waals surface area contributed by atoms with Crippen LogP contribution in [0.1, 0.15) is 47.2 Å². The van der Waals surface area contributed by atoms with Crippen LogP contribution in [0, 0.1) is 5.92 Å². The third-order valence-corrected chi connectivity index (χ3v) is 11.0. The molecule has 2 aliphatic rings. The van der Waals surface area contributed by atoms with E-state index in [0.29, 0.717) is 29.6 Å². The number of anilines is 1. The summed E-state index contributed by atoms with van der Waals surface area (Å²) in [5, 5.41) is 28.6. The van der Waals surface area contributed by atoms with E-state index in [2.05, 4.69) is 15.4 Å². The molecular weight excluding hydrogens is 615 g/mol. The van der Waals surface area contributed by atoms with Gasteiger partial charge >= 0.3 is 21.4 Å². The van der Waals surface area contributed by atoms with E-state index in [1.807, 2.05) is 0 Å². The fourth-order valence-corrected chi connectivity index (χ4v) is 8.31. The lowest BCUT2D eigenvalue weighted by Gasteiger charge is -2.19. The Bertz CT molecular complexity index is 1570. The van der Waals surface area contributed by atoms with Crippen LogP contribution in [-0.4, -0.2) is 64.2 Å². The maximum absolute atomic E-state index is 13.3. The number of aliphatic hydroxyl groups is 2. The van der Waals surface area contributed by atoms with E-state index in [1.54, 1.807) is 12.1 Å². The minimum atomic E-state index is -4.84. The van der Waals surface area contributed by atoms with E-state index in [0.717, 1.165) is 17.7 Å². The second kappa shape index (κ2) is 10.9. The third-order valence-electron chi connectivity index (χ3n) is 7.41. The van der Waals surface area contributed by atoms with Gasteiger partial charge in [-0.15, -0.1) is 5.10 Å². The predicted molar refractivity (Wildman–Crippen MR) is 140 cm³/mol. The number of fused-ring (bicyclic) bond motifs is 2. The van der Waals surface area contributed by atoms with E-state index < -0.39 is 69.5 Å². The van der Waals surface area contributed by atoms with Gasteiger partial charge in [-0.25, -0.2) is 4.52 Å². The summed E-state index contributed by atoms with van der Waals surface area (Å²) in [6.07, 6.45) is -6.10. The molecular formula is C23H26ClF3N4O8P2. The second-order valence-electron chi connectivity index (χ2n) is 10.3. The largest absolute Gasteiger partial charge is 0.416 e. The Balaban J connectivity index is 1.38. The number of benzene rings is 1. The van der Waals surface area contributed by atoms with Crippen LogP contribution in [0.2, 0.25) is 5.28 Å². The number of hydrogen-bond donors (Lipinski definition) is 6. The van der Waals surface area contributed by atoms with Crippen LogP contribution in [0.4, 0.5) is 19.0 Å². The Labute approximate surface area is 235 Å². The van der Waals surface area contributed by atoms with Crippen LogP contribution in [0.3, 0.4) is 0 Å². The lowest BCUT2D eigenvalue weighted by atomic mass is 10.0. The summed E-state index contributed by atoms with van der Waals surface area (Å²) in [5.74, 6) is -2.74. The molecule has 0 radical (unpaired) electrons. The molecule has 0 spiro atoms. The van der Waals surface area contributed by atoms with Gasteiger partial charge in [-0.2, -0.15) is 18.2 Å². The number of nitrogens with zero attached hydrogens (tertiary/aromatic N) is 3. The Kier molecular flexibility index (Phi) is 8.08. The lowest BCUT2D eigenvalue weighted by molar-refractivity contribution is -0.137. The van der Waals surface area contributed by atoms with Crippen molar-refractivity contribution in [3.63, 3.8) is 0 Å². The molecule has 5 rings (SSSR count). The average Bonchev–Trinajstić information content (AvgIpc) is 3.52. The first-order valence-electron chi connectivity index (χ1n) is 12.4. The van der Waals surface area contributed by atoms with Crippen molar-refractivity contribution < 1.29 is 51.7 Å². The van der Waals surface area contributed by atoms with Crippen molar-refractivity contribution in [2.45, 2.75) is 49.6 Å². The predicted octanol–water partition coefficient (Wildman–Crippen LogP) is 3.66. The smallest absolute Gasteiger partial charge is 0.390 e. The van der Waals surface area contributed by atoms with Gasteiger partial charge in [0.1, 0.15) is 5.52 Å². The Hall–Kier alpha value is -2.06. The molecule has 3 aromatic rings. The molecule has 0 bridgehead atoms. The molecule has 2 aliphatic carbocycles. The topological polar surface area (TPSA) is 187 Å². The minimum Gasteiger partial charge on any atom is -0.390 e. The number of hydrogen-bond acceptors (Lipinski definition) is 8. The third kappa shape index (κ3) is 6.48. The minimum absolute atomic E-state index is 0.0605. The number of rotatable bonds is 8. The summed E-state index contributed by atoms with van der Waals surface area (Å²) in [6.45, 7) is -0.546. The molecule has 1 fully saturated rings. The molecule has 41 heavy (non-hydrogen) atoms. The fourth-order valence-electron chi connectivity index (χ4n) is 5.54. The number of alkyl halides is 3. The molecule has 6 atom stereocenters. The zero-order chi connectivity index (χ0) is 29.9. The zero-order valence-corrected chi connectivity index (χ0v) is 23.6. The highest BCUT2D eigenvalue weighted by Crippen LogP contribution is 2.56. The highest BCUT2D eigenvalue weighted by Gasteiger charge is 2.45. The number of aliphatic hydroxyl groups excluding tert-OH is 2. The Morgan fingerprint density at radius 1 is 1.12 bits per heavy atom. The summed E-state index contributed by atoms with van der Waals surface area (Å²) >= 11 is 6.19. The normalized spacial score (nSPS) is 26.3. The first-order valence-corrected chi connectivity index (χ1v) is 16.3. The van der Waals surface area contributed by atoms with Gasteiger partial charge in [0.05, 0.1) is 30.4 Å². The van der Waals surface area contributed by atoms with Crippen LogP contribution in [-0.2, 0) is 26.3 Å². The standard InChI is InChI=1S/C23H26ClF3N4O8P2/c24-22-29-21(28-16-4-2-11-1-3-13(8-14(11)16)23(25,26)27)18-6-5-17(31(18)30-22)15-7-12(19(32)20(15)33)9-39-41(37,38)10-40(34,35)36/h1,3,5-6,8,12,15-16,19-20,32-33H,2,4,7,9-10H2,(H,37,38)(H,28,29,30)(H2,34,35,36)/t12-,15+,16+,19-,20+/m1/s1. The van der Waals surface area contributed by atoms with E-state index in [9.17, 15) is 37.4 Å². The van der Waals surface area contributed by atoms with Crippen molar-refractivity contribution >= 4 is 38.1 Å². The highest BCUT2D eigenvalue weighted by molar-refractivity contribution is 7.70. The second-order valence-corrected chi connectivity index (χ2v) is 14.6. The van der Waals surface area contributed by atoms with Gasteiger partial charge in [-0.05, 0) is 66.3 Å². The molecule has 1 aromatic carbocycles. The van der Waals surface area contributed by atoms with E-state index in [1.165, 1.54) is 10.6 Å². The molecule has 18 heteroatoms. The number of aryl methyl sites for hydroxylation is 1. The molecule has 0 amide bonds. The highest BCUT2D eigenvalue weighted by atomic mass is 35.5. The van der Waals surface area contributed by atoms with Gasteiger partial charge < -0.3 is 34.7 Å². The van der Waals surface area contributed by atoms with Crippen LogP contribution in [0.5, 0.6) is 0 Å². The SMILES string of the molecule is O=P(O)(O)CP(=O)(O)OC[C@H]1C[C@@H](c2ccc3c(N[C@H]4CCc5ccc(C(F)(F)F)cc54)nc(Cl)nn23)[C@H](O)[C@@H]1O. The molecule has 224 valence electrons. The van der Waals surface area contributed by atoms with Gasteiger partial charge in [-0.1, -0.05) is 6.07 Å². The summed E-state index contributed by atoms with van der Waals surface area (Å²) in [4.78, 5) is 31.9. The quantitative estimate of drug-likeness (QED) is 0.197. The van der Waals surface area contributed by atoms with Crippen molar-refractivity contribution in [2.24, 2.45) is 5.92 Å². The van der Waals surface area contributed by atoms with Crippen LogP contribution < -0.4 is 5.32 Å². The summed E-state index contributed by atoms with van der Waals surface area (Å²) in [6, 6.07) is 6.39. The summed E-state index contributed by atoms with van der Waals surface area (Å²) in [7, 11) is -9.50. The van der Waals surface area contributed by atoms with Gasteiger partial charge in [0.25, 0.3) is 0 Å². The zero-order valence-electron chi connectivity index (χ0n) is 21.0. The van der Waals surface area contributed by atoms with Crippen molar-refractivity contribution in [1.29, 1.82) is 0 Å². The Morgan fingerprint density at radius 2 is 1.85 bits per heavy atom. The maximum Gasteiger partial charge on any atom is 0.416 e. The van der Waals surface area contributed by atoms with Crippen LogP contribution >= 0.6 is 26.8 Å². The molecule has 2 heterocycles. The summed E-state index contributed by atoms with van der Waals surface area (Å²) in [5.41, 5.74) is 1.35. The first kappa shape index (κ1) is 30.4. The monoisotopic (exact) mass is 640 g/mol. The van der Waals surface area contributed by atoms with Gasteiger partial charge in [0.2, 0.25) is 5.28 Å². The van der Waals surface area contributed by atoms with Crippen molar-refractivity contribution in [3.05, 3.63) is 58.0 Å². The molecule has 12 nitrogen and oxygen atoms in total. The Morgan fingerprint density at radius 3 is 2.54 bits per heavy atom. The maximum atomic E-state index is 13.3. The molecule has 0 aliphatic heterocycles. The number of aromatic nitrogens is 3. The number of halogens is 4. The number of nitrogens with one attached hydrogen (secondary N) is 1. The van der Waals surface area contributed by atoms with E-state index in [4.69, 9.17) is 25.9 Å². The van der Waals surface area contributed by atoms with Crippen molar-refractivity contribution in [1.82, 2.24) is 14.6 Å². The van der Waals surface area contributed by atoms with Gasteiger partial charge in [-0.3, -0.25) is 9.13 Å². The van der Waals surface area contributed by atoms with Gasteiger partial charge in [0, 0.05) is 17.5 Å². The molecule has 1 unspecified atom stereocenters. The van der Waals surface area contributed by atoms with Gasteiger partial charge in [0.15, 0.2) is 11.7 Å². The molecule has 0 saturated heterocycles.